The van der Waals surface area contributed by atoms with Crippen LogP contribution in [0, 0.1) is 6.92 Å². The summed E-state index contributed by atoms with van der Waals surface area (Å²) < 4.78 is 5.19. The molecule has 2 aromatic rings. The first kappa shape index (κ1) is 11.1. The molecule has 1 unspecified atom stereocenters. The summed E-state index contributed by atoms with van der Waals surface area (Å²) in [7, 11) is 0. The van der Waals surface area contributed by atoms with Gasteiger partial charge in [0.15, 0.2) is 0 Å². The molecule has 1 saturated carbocycles. The van der Waals surface area contributed by atoms with Crippen molar-refractivity contribution >= 4 is 5.78 Å². The largest absolute Gasteiger partial charge is 0.338 e. The Kier molecular flexibility index (Phi) is 2.66. The number of carbonyl (C=O) groups is 1. The van der Waals surface area contributed by atoms with Gasteiger partial charge in [-0.05, 0) is 31.9 Å². The molecule has 3 rings (SSSR count). The zero-order valence-electron chi connectivity index (χ0n) is 10.1. The zero-order valence-corrected chi connectivity index (χ0v) is 10.1. The first-order chi connectivity index (χ1) is 8.74. The van der Waals surface area contributed by atoms with Crippen LogP contribution in [0.15, 0.2) is 22.7 Å². The van der Waals surface area contributed by atoms with Crippen molar-refractivity contribution in [2.45, 2.75) is 32.1 Å². The summed E-state index contributed by atoms with van der Waals surface area (Å²) in [4.78, 5) is 20.3. The number of aromatic nitrogens is 3. The number of aryl methyl sites for hydroxylation is 1. The molecule has 0 spiro atoms. The van der Waals surface area contributed by atoms with Crippen molar-refractivity contribution in [1.29, 1.82) is 0 Å². The number of nitrogens with zero attached hydrogens (tertiary/aromatic N) is 3. The highest BCUT2D eigenvalue weighted by Gasteiger charge is 2.31. The van der Waals surface area contributed by atoms with Gasteiger partial charge in [0.1, 0.15) is 11.5 Å². The molecular weight excluding hydrogens is 230 g/mol. The van der Waals surface area contributed by atoms with E-state index in [1.807, 2.05) is 25.1 Å². The standard InChI is InChI=1S/C13H13N3O2/c1-8-4-2-6-10(14-8)12-15-13(18-16-12)9-5-3-7-11(9)17/h2,4,6,9H,3,5,7H2,1H3. The van der Waals surface area contributed by atoms with Crippen LogP contribution in [0.5, 0.6) is 0 Å². The lowest BCUT2D eigenvalue weighted by molar-refractivity contribution is -0.119. The summed E-state index contributed by atoms with van der Waals surface area (Å²) in [6, 6.07) is 5.64. The molecule has 2 aromatic heterocycles. The van der Waals surface area contributed by atoms with Crippen molar-refractivity contribution in [3.63, 3.8) is 0 Å². The minimum atomic E-state index is -0.212. The second-order valence-corrected chi connectivity index (χ2v) is 4.53. The molecular formula is C13H13N3O2. The second kappa shape index (κ2) is 4.33. The number of hydrogen-bond donors (Lipinski definition) is 0. The molecule has 1 aliphatic rings. The highest BCUT2D eigenvalue weighted by Crippen LogP contribution is 2.30. The maximum Gasteiger partial charge on any atom is 0.237 e. The third-order valence-corrected chi connectivity index (χ3v) is 3.16. The maximum atomic E-state index is 11.6. The molecule has 2 heterocycles. The lowest BCUT2D eigenvalue weighted by Crippen LogP contribution is -2.04. The molecule has 5 nitrogen and oxygen atoms in total. The van der Waals surface area contributed by atoms with E-state index < -0.39 is 0 Å². The number of carbonyl (C=O) groups excluding carboxylic acids is 1. The van der Waals surface area contributed by atoms with E-state index in [0.29, 0.717) is 23.8 Å². The first-order valence-electron chi connectivity index (χ1n) is 6.04. The summed E-state index contributed by atoms with van der Waals surface area (Å²) in [6.45, 7) is 1.91. The fraction of sp³-hybridized carbons (Fsp3) is 0.385. The average molecular weight is 243 g/mol. The molecule has 92 valence electrons. The molecule has 0 aliphatic heterocycles. The zero-order chi connectivity index (χ0) is 12.5. The van der Waals surface area contributed by atoms with Gasteiger partial charge in [0.25, 0.3) is 0 Å². The van der Waals surface area contributed by atoms with E-state index in [-0.39, 0.29) is 11.7 Å². The van der Waals surface area contributed by atoms with Crippen molar-refractivity contribution in [2.24, 2.45) is 0 Å². The van der Waals surface area contributed by atoms with Gasteiger partial charge in [-0.1, -0.05) is 11.2 Å². The van der Waals surface area contributed by atoms with Crippen LogP contribution in [-0.4, -0.2) is 20.9 Å². The summed E-state index contributed by atoms with van der Waals surface area (Å²) in [5, 5.41) is 3.91. The van der Waals surface area contributed by atoms with E-state index in [4.69, 9.17) is 4.52 Å². The van der Waals surface area contributed by atoms with Crippen LogP contribution in [0.25, 0.3) is 11.5 Å². The van der Waals surface area contributed by atoms with Crippen LogP contribution in [0.4, 0.5) is 0 Å². The predicted molar refractivity (Wildman–Crippen MR) is 63.9 cm³/mol. The quantitative estimate of drug-likeness (QED) is 0.809. The van der Waals surface area contributed by atoms with Crippen molar-refractivity contribution in [3.05, 3.63) is 29.8 Å². The fourth-order valence-corrected chi connectivity index (χ4v) is 2.23. The highest BCUT2D eigenvalue weighted by molar-refractivity contribution is 5.86. The molecule has 5 heteroatoms. The van der Waals surface area contributed by atoms with Gasteiger partial charge in [0.05, 0.1) is 5.92 Å². The Balaban J connectivity index is 1.92. The number of ketones is 1. The van der Waals surface area contributed by atoms with Crippen LogP contribution in [-0.2, 0) is 4.79 Å². The van der Waals surface area contributed by atoms with Gasteiger partial charge in [-0.3, -0.25) is 4.79 Å². The van der Waals surface area contributed by atoms with Crippen LogP contribution in [0.3, 0.4) is 0 Å². The molecule has 0 saturated heterocycles. The molecule has 0 amide bonds. The summed E-state index contributed by atoms with van der Waals surface area (Å²) >= 11 is 0. The van der Waals surface area contributed by atoms with Crippen molar-refractivity contribution < 1.29 is 9.32 Å². The van der Waals surface area contributed by atoms with Crippen LogP contribution < -0.4 is 0 Å². The van der Waals surface area contributed by atoms with Crippen LogP contribution >= 0.6 is 0 Å². The topological polar surface area (TPSA) is 68.9 Å². The number of Topliss-reactive ketones (excluding diaryl/α,β-unsaturated/α-hetero) is 1. The van der Waals surface area contributed by atoms with Gasteiger partial charge in [0.2, 0.25) is 11.7 Å². The first-order valence-corrected chi connectivity index (χ1v) is 6.04. The van der Waals surface area contributed by atoms with E-state index in [1.54, 1.807) is 0 Å². The molecule has 0 radical (unpaired) electrons. The van der Waals surface area contributed by atoms with E-state index >= 15 is 0 Å². The van der Waals surface area contributed by atoms with Gasteiger partial charge in [-0.2, -0.15) is 4.98 Å². The van der Waals surface area contributed by atoms with Crippen molar-refractivity contribution in [3.8, 4) is 11.5 Å². The van der Waals surface area contributed by atoms with E-state index in [2.05, 4.69) is 15.1 Å². The predicted octanol–water partition coefficient (Wildman–Crippen LogP) is 2.28. The molecule has 1 fully saturated rings. The van der Waals surface area contributed by atoms with Gasteiger partial charge in [-0.15, -0.1) is 0 Å². The van der Waals surface area contributed by atoms with Crippen LogP contribution in [0.2, 0.25) is 0 Å². The van der Waals surface area contributed by atoms with E-state index in [9.17, 15) is 4.79 Å². The Morgan fingerprint density at radius 3 is 2.94 bits per heavy atom. The number of hydrogen-bond acceptors (Lipinski definition) is 5. The molecule has 0 N–H and O–H groups in total. The molecule has 0 aromatic carbocycles. The molecule has 0 bridgehead atoms. The summed E-state index contributed by atoms with van der Waals surface area (Å²) in [5.41, 5.74) is 1.58. The second-order valence-electron chi connectivity index (χ2n) is 4.53. The Labute approximate surface area is 104 Å². The van der Waals surface area contributed by atoms with Gasteiger partial charge in [-0.25, -0.2) is 4.98 Å². The molecule has 1 aliphatic carbocycles. The minimum Gasteiger partial charge on any atom is -0.338 e. The van der Waals surface area contributed by atoms with Gasteiger partial charge >= 0.3 is 0 Å². The minimum absolute atomic E-state index is 0.197. The monoisotopic (exact) mass is 243 g/mol. The van der Waals surface area contributed by atoms with Crippen molar-refractivity contribution in [2.75, 3.05) is 0 Å². The third kappa shape index (κ3) is 1.92. The lowest BCUT2D eigenvalue weighted by Gasteiger charge is -1.98. The Morgan fingerprint density at radius 1 is 1.33 bits per heavy atom. The van der Waals surface area contributed by atoms with E-state index in [0.717, 1.165) is 18.5 Å². The van der Waals surface area contributed by atoms with Crippen LogP contribution in [0.1, 0.15) is 36.8 Å². The molecule has 1 atom stereocenters. The van der Waals surface area contributed by atoms with Gasteiger partial charge in [0, 0.05) is 12.1 Å². The normalized spacial score (nSPS) is 19.4. The number of rotatable bonds is 2. The lowest BCUT2D eigenvalue weighted by atomic mass is 10.1. The Morgan fingerprint density at radius 2 is 2.22 bits per heavy atom. The highest BCUT2D eigenvalue weighted by atomic mass is 16.5. The average Bonchev–Trinajstić information content (AvgIpc) is 2.97. The summed E-state index contributed by atoms with van der Waals surface area (Å²) in [5.74, 6) is 0.864. The number of pyridine rings is 1. The molecule has 18 heavy (non-hydrogen) atoms. The third-order valence-electron chi connectivity index (χ3n) is 3.16. The van der Waals surface area contributed by atoms with Crippen molar-refractivity contribution in [1.82, 2.24) is 15.1 Å². The smallest absolute Gasteiger partial charge is 0.237 e. The maximum absolute atomic E-state index is 11.6. The van der Waals surface area contributed by atoms with E-state index in [1.165, 1.54) is 0 Å². The Hall–Kier alpha value is -2.04. The van der Waals surface area contributed by atoms with Gasteiger partial charge < -0.3 is 4.52 Å². The summed E-state index contributed by atoms with van der Waals surface area (Å²) in [6.07, 6.45) is 2.33. The Bertz CT molecular complexity index is 591. The fourth-order valence-electron chi connectivity index (χ4n) is 2.23. The SMILES string of the molecule is Cc1cccc(-c2noc(C3CCCC3=O)n2)n1.